The maximum Gasteiger partial charge on any atom is 0.251 e. The summed E-state index contributed by atoms with van der Waals surface area (Å²) in [7, 11) is 0. The highest BCUT2D eigenvalue weighted by Gasteiger charge is 2.30. The van der Waals surface area contributed by atoms with Crippen molar-refractivity contribution in [2.45, 2.75) is 58.2 Å². The number of rotatable bonds is 4. The SMILES string of the molecule is CCNC(=NCc1cn2c(n1)CCCC2)N1CCN(C(=O)C2CCCO2)CC1.I. The number of hydrogen-bond donors (Lipinski definition) is 1. The lowest BCUT2D eigenvalue weighted by Crippen LogP contribution is -2.55. The summed E-state index contributed by atoms with van der Waals surface area (Å²) in [5.41, 5.74) is 1.04. The van der Waals surface area contributed by atoms with E-state index in [2.05, 4.69) is 27.9 Å². The van der Waals surface area contributed by atoms with E-state index in [-0.39, 0.29) is 36.0 Å². The van der Waals surface area contributed by atoms with E-state index < -0.39 is 0 Å². The largest absolute Gasteiger partial charge is 0.368 e. The molecule has 4 rings (SSSR count). The number of halogens is 1. The highest BCUT2D eigenvalue weighted by Crippen LogP contribution is 2.17. The number of piperazine rings is 1. The second-order valence-electron chi connectivity index (χ2n) is 7.78. The smallest absolute Gasteiger partial charge is 0.251 e. The first kappa shape index (κ1) is 22.3. The third-order valence-electron chi connectivity index (χ3n) is 5.78. The Labute approximate surface area is 190 Å². The molecule has 1 aromatic heterocycles. The lowest BCUT2D eigenvalue weighted by molar-refractivity contribution is -0.142. The summed E-state index contributed by atoms with van der Waals surface area (Å²) >= 11 is 0. The van der Waals surface area contributed by atoms with E-state index in [0.29, 0.717) is 13.2 Å². The fourth-order valence-corrected chi connectivity index (χ4v) is 4.24. The Balaban J connectivity index is 0.00000240. The molecule has 0 radical (unpaired) electrons. The normalized spacial score (nSPS) is 22.2. The van der Waals surface area contributed by atoms with Crippen LogP contribution in [0.1, 0.15) is 44.1 Å². The number of nitrogens with zero attached hydrogens (tertiary/aromatic N) is 5. The molecule has 0 spiro atoms. The Hall–Kier alpha value is -1.36. The zero-order valence-corrected chi connectivity index (χ0v) is 19.6. The van der Waals surface area contributed by atoms with Crippen molar-refractivity contribution in [1.82, 2.24) is 24.7 Å². The molecule has 3 aliphatic heterocycles. The van der Waals surface area contributed by atoms with Gasteiger partial charge in [0.05, 0.1) is 12.2 Å². The van der Waals surface area contributed by atoms with Crippen molar-refractivity contribution in [2.24, 2.45) is 4.99 Å². The number of hydrogen-bond acceptors (Lipinski definition) is 4. The van der Waals surface area contributed by atoms with Crippen LogP contribution in [0.2, 0.25) is 0 Å². The van der Waals surface area contributed by atoms with Crippen molar-refractivity contribution in [3.63, 3.8) is 0 Å². The quantitative estimate of drug-likeness (QED) is 0.374. The molecule has 1 N–H and O–H groups in total. The zero-order valence-electron chi connectivity index (χ0n) is 17.3. The van der Waals surface area contributed by atoms with Gasteiger partial charge in [0.1, 0.15) is 11.9 Å². The monoisotopic (exact) mass is 516 g/mol. The number of fused-ring (bicyclic) bond motifs is 1. The maximum absolute atomic E-state index is 12.5. The molecule has 2 fully saturated rings. The number of carbonyl (C=O) groups excluding carboxylic acids is 1. The standard InChI is InChI=1S/C20H32N6O2.HI/c1-2-21-20(22-14-16-15-26-8-4-3-7-18(26)23-16)25-11-9-24(10-12-25)19(27)17-6-5-13-28-17;/h15,17H,2-14H2,1H3,(H,21,22);1H. The summed E-state index contributed by atoms with van der Waals surface area (Å²) in [6, 6.07) is 0. The van der Waals surface area contributed by atoms with Gasteiger partial charge >= 0.3 is 0 Å². The molecule has 1 amide bonds. The predicted octanol–water partition coefficient (Wildman–Crippen LogP) is 1.63. The number of nitrogens with one attached hydrogen (secondary N) is 1. The molecule has 2 saturated heterocycles. The maximum atomic E-state index is 12.5. The predicted molar refractivity (Wildman–Crippen MR) is 123 cm³/mol. The Morgan fingerprint density at radius 2 is 2.00 bits per heavy atom. The van der Waals surface area contributed by atoms with Crippen molar-refractivity contribution in [3.8, 4) is 0 Å². The Bertz CT molecular complexity index is 684. The molecule has 9 heteroatoms. The van der Waals surface area contributed by atoms with Crippen molar-refractivity contribution in [1.29, 1.82) is 0 Å². The van der Waals surface area contributed by atoms with Gasteiger partial charge in [0.2, 0.25) is 0 Å². The van der Waals surface area contributed by atoms with Crippen LogP contribution in [0.5, 0.6) is 0 Å². The van der Waals surface area contributed by atoms with Crippen LogP contribution < -0.4 is 5.32 Å². The highest BCUT2D eigenvalue weighted by atomic mass is 127. The van der Waals surface area contributed by atoms with E-state index >= 15 is 0 Å². The molecule has 0 bridgehead atoms. The van der Waals surface area contributed by atoms with Crippen LogP contribution in [0.15, 0.2) is 11.2 Å². The van der Waals surface area contributed by atoms with E-state index in [4.69, 9.17) is 14.7 Å². The van der Waals surface area contributed by atoms with Crippen LogP contribution in [-0.2, 0) is 29.0 Å². The summed E-state index contributed by atoms with van der Waals surface area (Å²) in [5, 5.41) is 3.40. The molecule has 0 saturated carbocycles. The minimum atomic E-state index is -0.222. The van der Waals surface area contributed by atoms with Crippen LogP contribution in [0.25, 0.3) is 0 Å². The molecular formula is C20H33IN6O2. The number of amides is 1. The van der Waals surface area contributed by atoms with Gasteiger partial charge in [0.15, 0.2) is 5.96 Å². The summed E-state index contributed by atoms with van der Waals surface area (Å²) in [5.74, 6) is 2.27. The molecular weight excluding hydrogens is 483 g/mol. The fourth-order valence-electron chi connectivity index (χ4n) is 4.24. The van der Waals surface area contributed by atoms with Crippen LogP contribution in [0.4, 0.5) is 0 Å². The first-order chi connectivity index (χ1) is 13.7. The summed E-state index contributed by atoms with van der Waals surface area (Å²) < 4.78 is 7.83. The lowest BCUT2D eigenvalue weighted by Gasteiger charge is -2.37. The molecule has 0 aromatic carbocycles. The third-order valence-corrected chi connectivity index (χ3v) is 5.78. The van der Waals surface area contributed by atoms with Crippen molar-refractivity contribution >= 4 is 35.8 Å². The third kappa shape index (κ3) is 5.42. The number of guanidine groups is 1. The molecule has 4 heterocycles. The minimum absolute atomic E-state index is 0. The number of aromatic nitrogens is 2. The van der Waals surface area contributed by atoms with E-state index in [0.717, 1.165) is 70.2 Å². The molecule has 1 atom stereocenters. The molecule has 8 nitrogen and oxygen atoms in total. The van der Waals surface area contributed by atoms with E-state index in [1.165, 1.54) is 18.7 Å². The number of imidazole rings is 1. The molecule has 1 unspecified atom stereocenters. The van der Waals surface area contributed by atoms with Gasteiger partial charge in [-0.05, 0) is 32.6 Å². The van der Waals surface area contributed by atoms with Gasteiger partial charge in [-0.25, -0.2) is 9.98 Å². The van der Waals surface area contributed by atoms with E-state index in [9.17, 15) is 4.79 Å². The summed E-state index contributed by atoms with van der Waals surface area (Å²) in [6.07, 6.45) is 7.33. The first-order valence-electron chi connectivity index (χ1n) is 10.7. The van der Waals surface area contributed by atoms with Crippen LogP contribution in [-0.4, -0.2) is 76.7 Å². The Kier molecular flexibility index (Phi) is 8.16. The number of carbonyl (C=O) groups is 1. The zero-order chi connectivity index (χ0) is 19.3. The second kappa shape index (κ2) is 10.6. The van der Waals surface area contributed by atoms with Gasteiger partial charge in [0.25, 0.3) is 5.91 Å². The van der Waals surface area contributed by atoms with Crippen LogP contribution in [0, 0.1) is 0 Å². The second-order valence-corrected chi connectivity index (χ2v) is 7.78. The van der Waals surface area contributed by atoms with Crippen molar-refractivity contribution < 1.29 is 9.53 Å². The Morgan fingerprint density at radius 3 is 2.69 bits per heavy atom. The minimum Gasteiger partial charge on any atom is -0.368 e. The van der Waals surface area contributed by atoms with Gasteiger partial charge in [-0.2, -0.15) is 0 Å². The van der Waals surface area contributed by atoms with Gasteiger partial charge < -0.3 is 24.4 Å². The average Bonchev–Trinajstić information content (AvgIpc) is 3.40. The highest BCUT2D eigenvalue weighted by molar-refractivity contribution is 14.0. The number of aryl methyl sites for hydroxylation is 2. The Morgan fingerprint density at radius 1 is 1.21 bits per heavy atom. The molecule has 1 aromatic rings. The van der Waals surface area contributed by atoms with E-state index in [1.54, 1.807) is 0 Å². The van der Waals surface area contributed by atoms with Crippen LogP contribution >= 0.6 is 24.0 Å². The van der Waals surface area contributed by atoms with Gasteiger partial charge in [0, 0.05) is 58.5 Å². The van der Waals surface area contributed by atoms with Gasteiger partial charge in [-0.1, -0.05) is 0 Å². The number of aliphatic imine (C=N–C) groups is 1. The topological polar surface area (TPSA) is 75.0 Å². The average molecular weight is 516 g/mol. The molecule has 0 aliphatic carbocycles. The lowest BCUT2D eigenvalue weighted by atomic mass is 10.2. The fraction of sp³-hybridized carbons (Fsp3) is 0.750. The summed E-state index contributed by atoms with van der Waals surface area (Å²) in [6.45, 7) is 8.34. The van der Waals surface area contributed by atoms with Gasteiger partial charge in [-0.3, -0.25) is 4.79 Å². The number of ether oxygens (including phenoxy) is 1. The van der Waals surface area contributed by atoms with Crippen molar-refractivity contribution in [2.75, 3.05) is 39.3 Å². The van der Waals surface area contributed by atoms with E-state index in [1.807, 2.05) is 4.90 Å². The summed E-state index contributed by atoms with van der Waals surface area (Å²) in [4.78, 5) is 26.3. The van der Waals surface area contributed by atoms with Crippen molar-refractivity contribution in [3.05, 3.63) is 17.7 Å². The van der Waals surface area contributed by atoms with Gasteiger partial charge in [-0.15, -0.1) is 24.0 Å². The molecule has 29 heavy (non-hydrogen) atoms. The van der Waals surface area contributed by atoms with Crippen LogP contribution in [0.3, 0.4) is 0 Å². The first-order valence-corrected chi connectivity index (χ1v) is 10.7. The molecule has 162 valence electrons. The molecule has 3 aliphatic rings.